The quantitative estimate of drug-likeness (QED) is 0.543. The lowest BCUT2D eigenvalue weighted by molar-refractivity contribution is -0.137. The van der Waals surface area contributed by atoms with E-state index in [9.17, 15) is 14.4 Å². The average Bonchev–Trinajstić information content (AvgIpc) is 3.35. The number of urea groups is 1. The van der Waals surface area contributed by atoms with Crippen LogP contribution in [0.1, 0.15) is 24.8 Å². The third-order valence-electron chi connectivity index (χ3n) is 6.99. The van der Waals surface area contributed by atoms with Crippen molar-refractivity contribution in [1.29, 1.82) is 0 Å². The number of anilines is 3. The molecule has 0 unspecified atom stereocenters. The van der Waals surface area contributed by atoms with Crippen LogP contribution >= 0.6 is 0 Å². The molecule has 2 aromatic heterocycles. The molecule has 2 saturated heterocycles. The first-order valence-electron chi connectivity index (χ1n) is 11.9. The highest BCUT2D eigenvalue weighted by Crippen LogP contribution is 2.42. The molecule has 3 aromatic rings. The van der Waals surface area contributed by atoms with Crippen molar-refractivity contribution in [3.05, 3.63) is 66.6 Å². The summed E-state index contributed by atoms with van der Waals surface area (Å²) in [6.07, 6.45) is 8.10. The maximum Gasteiger partial charge on any atom is 0.328 e. The fraction of sp³-hybridized carbons (Fsp3) is 0.269. The molecule has 0 radical (unpaired) electrons. The Hall–Kier alpha value is -4.47. The molecule has 3 aliphatic heterocycles. The first-order valence-corrected chi connectivity index (χ1v) is 11.9. The molecule has 1 spiro atoms. The second-order valence-corrected chi connectivity index (χ2v) is 9.03. The number of nitrogens with one attached hydrogen (secondary N) is 2. The van der Waals surface area contributed by atoms with Gasteiger partial charge in [0.15, 0.2) is 11.3 Å². The van der Waals surface area contributed by atoms with E-state index in [1.165, 1.54) is 5.56 Å². The van der Waals surface area contributed by atoms with Gasteiger partial charge in [-0.1, -0.05) is 12.1 Å². The Balaban J connectivity index is 1.28. The molecule has 2 N–H and O–H groups in total. The van der Waals surface area contributed by atoms with Crippen molar-refractivity contribution < 1.29 is 19.1 Å². The van der Waals surface area contributed by atoms with Crippen molar-refractivity contribution in [1.82, 2.24) is 20.6 Å². The van der Waals surface area contributed by atoms with Crippen LogP contribution in [0.4, 0.5) is 21.9 Å². The van der Waals surface area contributed by atoms with Gasteiger partial charge in [-0.15, -0.1) is 0 Å². The van der Waals surface area contributed by atoms with Gasteiger partial charge in [-0.2, -0.15) is 0 Å². The van der Waals surface area contributed by atoms with Gasteiger partial charge < -0.3 is 14.5 Å². The number of nitrogens with zero attached hydrogens (tertiary/aromatic N) is 4. The number of pyridine rings is 2. The van der Waals surface area contributed by atoms with Crippen molar-refractivity contribution in [2.24, 2.45) is 0 Å². The first-order chi connectivity index (χ1) is 17.6. The number of ether oxygens (including phenoxy) is 1. The zero-order chi connectivity index (χ0) is 24.7. The molecule has 4 amide bonds. The Morgan fingerprint density at radius 2 is 1.69 bits per heavy atom. The highest BCUT2D eigenvalue weighted by Gasteiger charge is 2.57. The molecule has 6 rings (SSSR count). The summed E-state index contributed by atoms with van der Waals surface area (Å²) in [4.78, 5) is 49.6. The number of imide groups is 2. The van der Waals surface area contributed by atoms with Crippen LogP contribution in [0.25, 0.3) is 0 Å². The molecular formula is C26H24N6O4. The number of amides is 4. The van der Waals surface area contributed by atoms with Crippen LogP contribution in [-0.4, -0.2) is 46.4 Å². The molecule has 0 saturated carbocycles. The summed E-state index contributed by atoms with van der Waals surface area (Å²) in [6, 6.07) is 12.7. The molecule has 0 aliphatic carbocycles. The van der Waals surface area contributed by atoms with Gasteiger partial charge in [-0.3, -0.25) is 25.2 Å². The Morgan fingerprint density at radius 3 is 2.44 bits per heavy atom. The lowest BCUT2D eigenvalue weighted by Gasteiger charge is -2.38. The molecular weight excluding hydrogens is 460 g/mol. The molecule has 0 atom stereocenters. The van der Waals surface area contributed by atoms with E-state index >= 15 is 0 Å². The van der Waals surface area contributed by atoms with Crippen molar-refractivity contribution in [3.63, 3.8) is 0 Å². The third-order valence-corrected chi connectivity index (χ3v) is 6.99. The van der Waals surface area contributed by atoms with Crippen molar-refractivity contribution in [2.45, 2.75) is 31.2 Å². The fourth-order valence-corrected chi connectivity index (χ4v) is 5.37. The van der Waals surface area contributed by atoms with E-state index in [0.717, 1.165) is 30.8 Å². The van der Waals surface area contributed by atoms with E-state index in [-0.39, 0.29) is 0 Å². The molecule has 182 valence electrons. The molecule has 1 aromatic carbocycles. The Bertz CT molecular complexity index is 1320. The number of carbonyl (C=O) groups excluding carboxylic acids is 3. The van der Waals surface area contributed by atoms with Gasteiger partial charge in [0.05, 0.1) is 17.6 Å². The summed E-state index contributed by atoms with van der Waals surface area (Å²) < 4.78 is 6.25. The average molecular weight is 485 g/mol. The van der Waals surface area contributed by atoms with Crippen LogP contribution in [0.3, 0.4) is 0 Å². The maximum absolute atomic E-state index is 12.7. The number of para-hydroxylation sites is 1. The molecule has 5 heterocycles. The minimum Gasteiger partial charge on any atom is -0.437 e. The van der Waals surface area contributed by atoms with E-state index in [2.05, 4.69) is 31.6 Å². The van der Waals surface area contributed by atoms with Crippen LogP contribution in [-0.2, 0) is 16.0 Å². The highest BCUT2D eigenvalue weighted by molar-refractivity contribution is 6.24. The van der Waals surface area contributed by atoms with Gasteiger partial charge in [0.25, 0.3) is 11.8 Å². The number of barbiturate groups is 1. The molecule has 2 fully saturated rings. The van der Waals surface area contributed by atoms with Gasteiger partial charge in [0.1, 0.15) is 0 Å². The summed E-state index contributed by atoms with van der Waals surface area (Å²) in [5, 5.41) is 4.46. The summed E-state index contributed by atoms with van der Waals surface area (Å²) in [5.41, 5.74) is 2.41. The zero-order valence-corrected chi connectivity index (χ0v) is 19.4. The first kappa shape index (κ1) is 22.0. The van der Waals surface area contributed by atoms with Gasteiger partial charge >= 0.3 is 6.03 Å². The number of benzene rings is 1. The number of rotatable bonds is 4. The smallest absolute Gasteiger partial charge is 0.328 e. The van der Waals surface area contributed by atoms with Gasteiger partial charge in [-0.25, -0.2) is 9.78 Å². The number of aryl methyl sites for hydroxylation is 1. The Kier molecular flexibility index (Phi) is 5.28. The normalized spacial score (nSPS) is 18.6. The van der Waals surface area contributed by atoms with Crippen LogP contribution in [0, 0.1) is 0 Å². The summed E-state index contributed by atoms with van der Waals surface area (Å²) in [7, 11) is 0. The standard InChI is InChI=1S/C26H24N6O4/c33-23-26(24(34)30-25(35)29-23)11-3-15-32(26)19-7-8-21(28-16-19)36-20-6-1-4-17-5-2-14-31(22(17)20)18-9-12-27-13-10-18/h1,4,6-10,12-13,16H,2-3,5,11,14-15H2,(H2,29,30,33,34,35). The molecule has 10 heteroatoms. The number of fused-ring (bicyclic) bond motifs is 1. The van der Waals surface area contributed by atoms with Crippen molar-refractivity contribution in [3.8, 4) is 11.6 Å². The van der Waals surface area contributed by atoms with Gasteiger partial charge in [0.2, 0.25) is 5.88 Å². The van der Waals surface area contributed by atoms with E-state index in [4.69, 9.17) is 4.74 Å². The molecule has 36 heavy (non-hydrogen) atoms. The number of hydrogen-bond acceptors (Lipinski definition) is 8. The van der Waals surface area contributed by atoms with E-state index in [1.807, 2.05) is 24.3 Å². The molecule has 3 aliphatic rings. The van der Waals surface area contributed by atoms with Gasteiger partial charge in [-0.05, 0) is 55.5 Å². The fourth-order valence-electron chi connectivity index (χ4n) is 5.37. The van der Waals surface area contributed by atoms with Crippen LogP contribution in [0.15, 0.2) is 61.1 Å². The third kappa shape index (κ3) is 3.53. The topological polar surface area (TPSA) is 117 Å². The minimum atomic E-state index is -1.46. The largest absolute Gasteiger partial charge is 0.437 e. The monoisotopic (exact) mass is 484 g/mol. The van der Waals surface area contributed by atoms with Crippen LogP contribution in [0.2, 0.25) is 0 Å². The van der Waals surface area contributed by atoms with Gasteiger partial charge in [0, 0.05) is 37.2 Å². The zero-order valence-electron chi connectivity index (χ0n) is 19.4. The lowest BCUT2D eigenvalue weighted by Crippen LogP contribution is -2.71. The van der Waals surface area contributed by atoms with Crippen molar-refractivity contribution >= 4 is 34.9 Å². The number of hydrogen-bond donors (Lipinski definition) is 2. The SMILES string of the molecule is O=C1NC(=O)C2(CCCN2c2ccc(Oc3cccc4c3N(c3ccncc3)CCC4)nc2)C(=O)N1. The van der Waals surface area contributed by atoms with Crippen LogP contribution in [0.5, 0.6) is 11.6 Å². The van der Waals surface area contributed by atoms with Crippen molar-refractivity contribution in [2.75, 3.05) is 22.9 Å². The van der Waals surface area contributed by atoms with Crippen LogP contribution < -0.4 is 25.2 Å². The second-order valence-electron chi connectivity index (χ2n) is 9.03. The lowest BCUT2D eigenvalue weighted by atomic mass is 9.92. The minimum absolute atomic E-state index is 0.317. The summed E-state index contributed by atoms with van der Waals surface area (Å²) in [5.74, 6) is -0.123. The number of carbonyl (C=O) groups is 3. The predicted octanol–water partition coefficient (Wildman–Crippen LogP) is 3.06. The van der Waals surface area contributed by atoms with E-state index < -0.39 is 23.4 Å². The second kappa shape index (κ2) is 8.63. The highest BCUT2D eigenvalue weighted by atomic mass is 16.5. The number of aromatic nitrogens is 2. The predicted molar refractivity (Wildman–Crippen MR) is 131 cm³/mol. The maximum atomic E-state index is 12.7. The summed E-state index contributed by atoms with van der Waals surface area (Å²) >= 11 is 0. The van der Waals surface area contributed by atoms with E-state index in [1.54, 1.807) is 35.6 Å². The molecule has 10 nitrogen and oxygen atoms in total. The van der Waals surface area contributed by atoms with E-state index in [0.29, 0.717) is 36.7 Å². The Labute approximate surface area is 207 Å². The summed E-state index contributed by atoms with van der Waals surface area (Å²) in [6.45, 7) is 1.36. The molecule has 0 bridgehead atoms. The Morgan fingerprint density at radius 1 is 0.889 bits per heavy atom.